The van der Waals surface area contributed by atoms with E-state index in [1.807, 2.05) is 54.6 Å². The first-order chi connectivity index (χ1) is 15.5. The molecule has 32 heavy (non-hydrogen) atoms. The Balaban J connectivity index is 1.16. The zero-order valence-electron chi connectivity index (χ0n) is 17.7. The lowest BCUT2D eigenvalue weighted by Gasteiger charge is -2.43. The van der Waals surface area contributed by atoms with Crippen LogP contribution < -0.4 is 15.5 Å². The average Bonchev–Trinajstić information content (AvgIpc) is 3.38. The van der Waals surface area contributed by atoms with E-state index in [0.29, 0.717) is 23.9 Å². The van der Waals surface area contributed by atoms with Gasteiger partial charge in [-0.25, -0.2) is 0 Å². The van der Waals surface area contributed by atoms with Gasteiger partial charge < -0.3 is 25.4 Å². The minimum absolute atomic E-state index is 0.0965. The fourth-order valence-corrected chi connectivity index (χ4v) is 4.94. The number of rotatable bonds is 5. The molecular formula is C24H26ClN5O2. The number of fused-ring (bicyclic) bond motifs is 1. The Bertz CT molecular complexity index is 1100. The molecule has 1 aromatic heterocycles. The molecule has 2 fully saturated rings. The summed E-state index contributed by atoms with van der Waals surface area (Å²) < 4.78 is 0. The number of nitrogens with one attached hydrogen (secondary N) is 3. The van der Waals surface area contributed by atoms with Crippen molar-refractivity contribution in [1.82, 2.24) is 20.5 Å². The van der Waals surface area contributed by atoms with Crippen molar-refractivity contribution in [2.24, 2.45) is 0 Å². The number of carbonyl (C=O) groups excluding carboxylic acids is 2. The molecule has 2 saturated heterocycles. The lowest BCUT2D eigenvalue weighted by molar-refractivity contribution is -0.125. The van der Waals surface area contributed by atoms with Crippen molar-refractivity contribution in [2.45, 2.75) is 18.4 Å². The molecule has 0 radical (unpaired) electrons. The molecule has 0 atom stereocenters. The Morgan fingerprint density at radius 3 is 2.59 bits per heavy atom. The molecule has 166 valence electrons. The van der Waals surface area contributed by atoms with Gasteiger partial charge in [0.2, 0.25) is 5.91 Å². The number of para-hydroxylation sites is 1. The number of piperidine rings is 1. The van der Waals surface area contributed by atoms with Crippen LogP contribution in [0.4, 0.5) is 5.69 Å². The first kappa shape index (κ1) is 20.8. The summed E-state index contributed by atoms with van der Waals surface area (Å²) in [7, 11) is 0. The monoisotopic (exact) mass is 451 g/mol. The quantitative estimate of drug-likeness (QED) is 0.557. The number of benzene rings is 2. The summed E-state index contributed by atoms with van der Waals surface area (Å²) in [5.41, 5.74) is 2.02. The molecular weight excluding hydrogens is 426 g/mol. The molecule has 3 aromatic rings. The van der Waals surface area contributed by atoms with Crippen molar-refractivity contribution in [3.05, 3.63) is 65.3 Å². The van der Waals surface area contributed by atoms with Crippen molar-refractivity contribution >= 4 is 40.0 Å². The molecule has 1 spiro atoms. The van der Waals surface area contributed by atoms with Gasteiger partial charge in [-0.2, -0.15) is 0 Å². The van der Waals surface area contributed by atoms with Gasteiger partial charge in [0.25, 0.3) is 5.91 Å². The van der Waals surface area contributed by atoms with Crippen LogP contribution in [-0.2, 0) is 4.79 Å². The Hall–Kier alpha value is -3.03. The Morgan fingerprint density at radius 1 is 1.09 bits per heavy atom. The highest BCUT2D eigenvalue weighted by atomic mass is 35.5. The first-order valence-corrected chi connectivity index (χ1v) is 11.3. The Labute approximate surface area is 191 Å². The third-order valence-corrected chi connectivity index (χ3v) is 6.90. The van der Waals surface area contributed by atoms with Gasteiger partial charge in [-0.1, -0.05) is 29.8 Å². The molecule has 0 bridgehead atoms. The van der Waals surface area contributed by atoms with E-state index in [4.69, 9.17) is 11.6 Å². The maximum absolute atomic E-state index is 12.8. The van der Waals surface area contributed by atoms with Crippen LogP contribution in [0.5, 0.6) is 0 Å². The standard InChI is InChI=1S/C24H26ClN5O2/c25-18-5-7-19(8-6-18)30-16-27-23(32)24(30)9-12-29(13-10-24)14-11-26-22(31)21-15-17-3-1-2-4-20(17)28-21/h1-8,15,28H,9-14,16H2,(H,26,31)(H,27,32). The van der Waals surface area contributed by atoms with E-state index in [2.05, 4.69) is 25.4 Å². The largest absolute Gasteiger partial charge is 0.351 e. The van der Waals surface area contributed by atoms with Crippen LogP contribution in [0.25, 0.3) is 10.9 Å². The van der Waals surface area contributed by atoms with E-state index in [0.717, 1.165) is 49.1 Å². The van der Waals surface area contributed by atoms with Crippen LogP contribution in [-0.4, -0.2) is 60.1 Å². The molecule has 0 unspecified atom stereocenters. The maximum atomic E-state index is 12.8. The van der Waals surface area contributed by atoms with E-state index in [9.17, 15) is 9.59 Å². The third-order valence-electron chi connectivity index (χ3n) is 6.65. The summed E-state index contributed by atoms with van der Waals surface area (Å²) in [5.74, 6) is -0.00187. The fraction of sp³-hybridized carbons (Fsp3) is 0.333. The second-order valence-electron chi connectivity index (χ2n) is 8.47. The molecule has 0 aliphatic carbocycles. The molecule has 5 rings (SSSR count). The lowest BCUT2D eigenvalue weighted by atomic mass is 9.85. The topological polar surface area (TPSA) is 80.5 Å². The van der Waals surface area contributed by atoms with Crippen molar-refractivity contribution in [3.8, 4) is 0 Å². The van der Waals surface area contributed by atoms with Crippen molar-refractivity contribution in [1.29, 1.82) is 0 Å². The Morgan fingerprint density at radius 2 is 1.84 bits per heavy atom. The number of likely N-dealkylation sites (tertiary alicyclic amines) is 1. The van der Waals surface area contributed by atoms with Gasteiger partial charge in [-0.3, -0.25) is 9.59 Å². The van der Waals surface area contributed by atoms with E-state index < -0.39 is 5.54 Å². The lowest BCUT2D eigenvalue weighted by Crippen LogP contribution is -2.57. The van der Waals surface area contributed by atoms with E-state index >= 15 is 0 Å². The van der Waals surface area contributed by atoms with Crippen LogP contribution in [0.3, 0.4) is 0 Å². The molecule has 2 aliphatic heterocycles. The minimum Gasteiger partial charge on any atom is -0.351 e. The number of amides is 2. The van der Waals surface area contributed by atoms with Gasteiger partial charge in [-0.05, 0) is 49.2 Å². The number of aromatic nitrogens is 1. The third kappa shape index (κ3) is 3.82. The molecule has 3 heterocycles. The summed E-state index contributed by atoms with van der Waals surface area (Å²) >= 11 is 6.03. The van der Waals surface area contributed by atoms with Crippen LogP contribution >= 0.6 is 11.6 Å². The zero-order valence-corrected chi connectivity index (χ0v) is 18.5. The molecule has 2 aliphatic rings. The highest BCUT2D eigenvalue weighted by Crippen LogP contribution is 2.36. The number of hydrogen-bond acceptors (Lipinski definition) is 4. The predicted octanol–water partition coefficient (Wildman–Crippen LogP) is 2.98. The Kier molecular flexibility index (Phi) is 5.53. The molecule has 3 N–H and O–H groups in total. The summed E-state index contributed by atoms with van der Waals surface area (Å²) in [6, 6.07) is 17.4. The highest BCUT2D eigenvalue weighted by molar-refractivity contribution is 6.30. The van der Waals surface area contributed by atoms with Gasteiger partial charge in [0.1, 0.15) is 11.2 Å². The first-order valence-electron chi connectivity index (χ1n) is 10.9. The summed E-state index contributed by atoms with van der Waals surface area (Å²) in [5, 5.41) is 7.74. The molecule has 2 aromatic carbocycles. The normalized spacial score (nSPS) is 18.3. The van der Waals surface area contributed by atoms with Crippen molar-refractivity contribution in [2.75, 3.05) is 37.7 Å². The smallest absolute Gasteiger partial charge is 0.267 e. The number of nitrogens with zero attached hydrogens (tertiary/aromatic N) is 2. The van der Waals surface area contributed by atoms with Gasteiger partial charge in [0.15, 0.2) is 0 Å². The van der Waals surface area contributed by atoms with Crippen LogP contribution in [0.2, 0.25) is 5.02 Å². The van der Waals surface area contributed by atoms with E-state index in [1.54, 1.807) is 0 Å². The highest BCUT2D eigenvalue weighted by Gasteiger charge is 2.50. The average molecular weight is 452 g/mol. The van der Waals surface area contributed by atoms with E-state index in [-0.39, 0.29) is 11.8 Å². The van der Waals surface area contributed by atoms with Gasteiger partial charge >= 0.3 is 0 Å². The fourth-order valence-electron chi connectivity index (χ4n) is 4.81. The second-order valence-corrected chi connectivity index (χ2v) is 8.90. The van der Waals surface area contributed by atoms with Crippen LogP contribution in [0.15, 0.2) is 54.6 Å². The minimum atomic E-state index is -0.516. The van der Waals surface area contributed by atoms with E-state index in [1.165, 1.54) is 0 Å². The number of anilines is 1. The number of halogens is 1. The summed E-state index contributed by atoms with van der Waals surface area (Å²) in [6.07, 6.45) is 1.49. The number of carbonyl (C=O) groups is 2. The number of aromatic amines is 1. The number of H-pyrrole nitrogens is 1. The van der Waals surface area contributed by atoms with Crippen LogP contribution in [0, 0.1) is 0 Å². The maximum Gasteiger partial charge on any atom is 0.267 e. The molecule has 7 nitrogen and oxygen atoms in total. The van der Waals surface area contributed by atoms with Gasteiger partial charge in [0, 0.05) is 47.8 Å². The number of hydrogen-bond donors (Lipinski definition) is 3. The van der Waals surface area contributed by atoms with Crippen molar-refractivity contribution in [3.63, 3.8) is 0 Å². The molecule has 0 saturated carbocycles. The van der Waals surface area contributed by atoms with Crippen molar-refractivity contribution < 1.29 is 9.59 Å². The molecule has 8 heteroatoms. The SMILES string of the molecule is O=C(NCCN1CCC2(CC1)C(=O)NCN2c1ccc(Cl)cc1)c1cc2ccccc2[nH]1. The summed E-state index contributed by atoms with van der Waals surface area (Å²) in [6.45, 7) is 3.44. The van der Waals surface area contributed by atoms with Gasteiger partial charge in [0.05, 0.1) is 6.67 Å². The van der Waals surface area contributed by atoms with Gasteiger partial charge in [-0.15, -0.1) is 0 Å². The molecule has 2 amide bonds. The van der Waals surface area contributed by atoms with Crippen LogP contribution in [0.1, 0.15) is 23.3 Å². The zero-order chi connectivity index (χ0) is 22.1. The summed E-state index contributed by atoms with van der Waals surface area (Å²) in [4.78, 5) is 32.9. The predicted molar refractivity (Wildman–Crippen MR) is 126 cm³/mol. The second kappa shape index (κ2) is 8.48.